The average Bonchev–Trinajstić information content (AvgIpc) is 2.62. The summed E-state index contributed by atoms with van der Waals surface area (Å²) in [5.74, 6) is 1.08. The van der Waals surface area contributed by atoms with E-state index in [0.29, 0.717) is 11.5 Å². The molecule has 128 valence electrons. The lowest BCUT2D eigenvalue weighted by molar-refractivity contribution is -0.279. The smallest absolute Gasteiger partial charge is 0.195 e. The molecule has 2 aromatic rings. The van der Waals surface area contributed by atoms with Crippen molar-refractivity contribution in [1.29, 1.82) is 0 Å². The molecule has 0 radical (unpaired) electrons. The fourth-order valence-electron chi connectivity index (χ4n) is 2.54. The van der Waals surface area contributed by atoms with Crippen LogP contribution in [0.1, 0.15) is 0 Å². The Morgan fingerprint density at radius 2 is 1.38 bits per heavy atom. The molecule has 0 saturated carbocycles. The summed E-state index contributed by atoms with van der Waals surface area (Å²) in [4.78, 5) is 0. The van der Waals surface area contributed by atoms with Crippen molar-refractivity contribution in [1.82, 2.24) is 0 Å². The zero-order valence-corrected chi connectivity index (χ0v) is 12.9. The molecule has 0 aliphatic carbocycles. The monoisotopic (exact) mass is 332 g/mol. The number of benzene rings is 2. The summed E-state index contributed by atoms with van der Waals surface area (Å²) in [7, 11) is 0. The SMILES string of the molecule is O[C@H]1[C@H](O)[C@@H](COc2ccccc2)O[C@H](O)[C@H]1Oc1ccccc1. The third-order valence-electron chi connectivity index (χ3n) is 3.84. The average molecular weight is 332 g/mol. The third kappa shape index (κ3) is 3.85. The Bertz CT molecular complexity index is 618. The fraction of sp³-hybridized carbons (Fsp3) is 0.333. The van der Waals surface area contributed by atoms with E-state index in [9.17, 15) is 15.3 Å². The van der Waals surface area contributed by atoms with E-state index < -0.39 is 30.7 Å². The van der Waals surface area contributed by atoms with Gasteiger partial charge in [-0.3, -0.25) is 0 Å². The highest BCUT2D eigenvalue weighted by Gasteiger charge is 2.45. The van der Waals surface area contributed by atoms with Gasteiger partial charge in [0.05, 0.1) is 0 Å². The van der Waals surface area contributed by atoms with Crippen molar-refractivity contribution in [3.63, 3.8) is 0 Å². The van der Waals surface area contributed by atoms with E-state index in [1.165, 1.54) is 0 Å². The van der Waals surface area contributed by atoms with E-state index in [4.69, 9.17) is 14.2 Å². The quantitative estimate of drug-likeness (QED) is 0.756. The summed E-state index contributed by atoms with van der Waals surface area (Å²) in [6, 6.07) is 17.8. The van der Waals surface area contributed by atoms with Gasteiger partial charge in [-0.25, -0.2) is 0 Å². The second-order valence-corrected chi connectivity index (χ2v) is 5.57. The fourth-order valence-corrected chi connectivity index (χ4v) is 2.54. The van der Waals surface area contributed by atoms with Crippen LogP contribution in [-0.2, 0) is 4.74 Å². The van der Waals surface area contributed by atoms with Crippen LogP contribution in [0.5, 0.6) is 11.5 Å². The van der Waals surface area contributed by atoms with Crippen LogP contribution in [0.4, 0.5) is 0 Å². The molecule has 0 aromatic heterocycles. The Balaban J connectivity index is 1.61. The van der Waals surface area contributed by atoms with Crippen LogP contribution in [0.15, 0.2) is 60.7 Å². The lowest BCUT2D eigenvalue weighted by atomic mass is 9.99. The summed E-state index contributed by atoms with van der Waals surface area (Å²) in [5.41, 5.74) is 0. The van der Waals surface area contributed by atoms with E-state index in [2.05, 4.69) is 0 Å². The normalized spacial score (nSPS) is 29.9. The summed E-state index contributed by atoms with van der Waals surface area (Å²) in [5, 5.41) is 30.6. The molecule has 6 nitrogen and oxygen atoms in total. The standard InChI is InChI=1S/C18H20O6/c19-15-14(11-22-12-7-3-1-4-8-12)24-18(21)17(16(15)20)23-13-9-5-2-6-10-13/h1-10,14-21H,11H2/t14-,15-,16+,17+,18+/m1/s1. The Hall–Kier alpha value is -2.12. The highest BCUT2D eigenvalue weighted by Crippen LogP contribution is 2.25. The van der Waals surface area contributed by atoms with Crippen molar-refractivity contribution in [2.45, 2.75) is 30.7 Å². The highest BCUT2D eigenvalue weighted by atomic mass is 16.7. The van der Waals surface area contributed by atoms with Crippen molar-refractivity contribution in [3.05, 3.63) is 60.7 Å². The minimum absolute atomic E-state index is 0.00262. The molecule has 1 aliphatic heterocycles. The second kappa shape index (κ2) is 7.63. The molecule has 0 spiro atoms. The van der Waals surface area contributed by atoms with Crippen molar-refractivity contribution < 1.29 is 29.5 Å². The molecule has 6 heteroatoms. The number of ether oxygens (including phenoxy) is 3. The van der Waals surface area contributed by atoms with Gasteiger partial charge in [0.15, 0.2) is 12.4 Å². The van der Waals surface area contributed by atoms with E-state index in [1.807, 2.05) is 24.3 Å². The number of rotatable bonds is 5. The number of hydrogen-bond donors (Lipinski definition) is 3. The molecule has 1 saturated heterocycles. The second-order valence-electron chi connectivity index (χ2n) is 5.57. The Labute approximate surface area is 139 Å². The minimum atomic E-state index is -1.38. The van der Waals surface area contributed by atoms with Gasteiger partial charge in [0.25, 0.3) is 0 Å². The van der Waals surface area contributed by atoms with Crippen LogP contribution in [0, 0.1) is 0 Å². The number of hydrogen-bond acceptors (Lipinski definition) is 6. The lowest BCUT2D eigenvalue weighted by Gasteiger charge is -2.40. The van der Waals surface area contributed by atoms with Crippen LogP contribution in [0.3, 0.4) is 0 Å². The number of aliphatic hydroxyl groups is 3. The van der Waals surface area contributed by atoms with Crippen LogP contribution in [0.2, 0.25) is 0 Å². The topological polar surface area (TPSA) is 88.4 Å². The number of para-hydroxylation sites is 2. The van der Waals surface area contributed by atoms with Gasteiger partial charge in [0.1, 0.15) is 36.4 Å². The molecule has 24 heavy (non-hydrogen) atoms. The Morgan fingerprint density at radius 1 is 0.792 bits per heavy atom. The molecule has 3 rings (SSSR count). The van der Waals surface area contributed by atoms with Gasteiger partial charge >= 0.3 is 0 Å². The van der Waals surface area contributed by atoms with Crippen LogP contribution >= 0.6 is 0 Å². The minimum Gasteiger partial charge on any atom is -0.491 e. The van der Waals surface area contributed by atoms with Gasteiger partial charge in [0, 0.05) is 0 Å². The molecule has 1 fully saturated rings. The van der Waals surface area contributed by atoms with E-state index in [1.54, 1.807) is 36.4 Å². The third-order valence-corrected chi connectivity index (χ3v) is 3.84. The van der Waals surface area contributed by atoms with Crippen LogP contribution in [-0.4, -0.2) is 52.6 Å². The maximum absolute atomic E-state index is 10.3. The van der Waals surface area contributed by atoms with Gasteiger partial charge in [-0.15, -0.1) is 0 Å². The predicted molar refractivity (Wildman–Crippen MR) is 85.7 cm³/mol. The Morgan fingerprint density at radius 3 is 2.00 bits per heavy atom. The molecular formula is C18H20O6. The molecular weight excluding hydrogens is 312 g/mol. The molecule has 3 N–H and O–H groups in total. The molecule has 1 heterocycles. The van der Waals surface area contributed by atoms with Crippen molar-refractivity contribution in [2.75, 3.05) is 6.61 Å². The largest absolute Gasteiger partial charge is 0.491 e. The van der Waals surface area contributed by atoms with Crippen LogP contribution < -0.4 is 9.47 Å². The molecule has 0 unspecified atom stereocenters. The number of aliphatic hydroxyl groups excluding tert-OH is 3. The molecule has 5 atom stereocenters. The first-order valence-corrected chi connectivity index (χ1v) is 7.74. The first-order chi connectivity index (χ1) is 11.6. The first-order valence-electron chi connectivity index (χ1n) is 7.74. The molecule has 1 aliphatic rings. The van der Waals surface area contributed by atoms with Crippen LogP contribution in [0.25, 0.3) is 0 Å². The van der Waals surface area contributed by atoms with E-state index in [-0.39, 0.29) is 6.61 Å². The Kier molecular flexibility index (Phi) is 5.32. The van der Waals surface area contributed by atoms with Gasteiger partial charge in [-0.2, -0.15) is 0 Å². The summed E-state index contributed by atoms with van der Waals surface area (Å²) >= 11 is 0. The summed E-state index contributed by atoms with van der Waals surface area (Å²) < 4.78 is 16.4. The maximum atomic E-state index is 10.3. The molecule has 0 amide bonds. The maximum Gasteiger partial charge on any atom is 0.195 e. The zero-order chi connectivity index (χ0) is 16.9. The van der Waals surface area contributed by atoms with E-state index in [0.717, 1.165) is 0 Å². The van der Waals surface area contributed by atoms with Gasteiger partial charge < -0.3 is 29.5 Å². The first kappa shape index (κ1) is 16.7. The highest BCUT2D eigenvalue weighted by molar-refractivity contribution is 5.22. The summed E-state index contributed by atoms with van der Waals surface area (Å²) in [6.45, 7) is -0.00262. The predicted octanol–water partition coefficient (Wildman–Crippen LogP) is 0.952. The van der Waals surface area contributed by atoms with Crippen molar-refractivity contribution >= 4 is 0 Å². The zero-order valence-electron chi connectivity index (χ0n) is 12.9. The van der Waals surface area contributed by atoms with Gasteiger partial charge in [-0.1, -0.05) is 36.4 Å². The van der Waals surface area contributed by atoms with Gasteiger partial charge in [0.2, 0.25) is 0 Å². The summed E-state index contributed by atoms with van der Waals surface area (Å²) in [6.07, 6.45) is -5.89. The lowest BCUT2D eigenvalue weighted by Crippen LogP contribution is -2.60. The van der Waals surface area contributed by atoms with Gasteiger partial charge in [-0.05, 0) is 24.3 Å². The van der Waals surface area contributed by atoms with E-state index >= 15 is 0 Å². The molecule has 2 aromatic carbocycles. The van der Waals surface area contributed by atoms with Crippen molar-refractivity contribution in [3.8, 4) is 11.5 Å². The van der Waals surface area contributed by atoms with Crippen molar-refractivity contribution in [2.24, 2.45) is 0 Å². The molecule has 0 bridgehead atoms.